The van der Waals surface area contributed by atoms with E-state index in [1.807, 2.05) is 43.1 Å². The topological polar surface area (TPSA) is 64.2 Å². The Bertz CT molecular complexity index is 636. The van der Waals surface area contributed by atoms with E-state index in [0.717, 1.165) is 23.4 Å². The van der Waals surface area contributed by atoms with Gasteiger partial charge in [-0.2, -0.15) is 5.10 Å². The number of benzene rings is 1. The van der Waals surface area contributed by atoms with Crippen LogP contribution in [0.4, 0.5) is 5.69 Å². The summed E-state index contributed by atoms with van der Waals surface area (Å²) in [5.41, 5.74) is 8.44. The molecule has 2 N–H and O–H groups in total. The number of anilines is 1. The average molecular weight is 272 g/mol. The zero-order valence-corrected chi connectivity index (χ0v) is 11.9. The van der Waals surface area contributed by atoms with Crippen molar-refractivity contribution in [2.75, 3.05) is 18.5 Å². The van der Waals surface area contributed by atoms with Crippen LogP contribution < -0.4 is 16.2 Å². The third kappa shape index (κ3) is 3.24. The quantitative estimate of drug-likeness (QED) is 0.888. The van der Waals surface area contributed by atoms with E-state index < -0.39 is 0 Å². The Morgan fingerprint density at radius 2 is 2.05 bits per heavy atom. The Hall–Kier alpha value is -2.14. The smallest absolute Gasteiger partial charge is 0.269 e. The number of nitrogens with two attached hydrogens (primary N) is 1. The molecule has 2 rings (SSSR count). The molecule has 1 aromatic heterocycles. The minimum atomic E-state index is -0.0963. The maximum Gasteiger partial charge on any atom is 0.269 e. The first-order valence-corrected chi connectivity index (χ1v) is 6.70. The number of hydrogen-bond donors (Lipinski definition) is 1. The lowest BCUT2D eigenvalue weighted by Gasteiger charge is -2.16. The molecule has 5 nitrogen and oxygen atoms in total. The van der Waals surface area contributed by atoms with E-state index in [2.05, 4.69) is 5.10 Å². The van der Waals surface area contributed by atoms with Crippen LogP contribution in [-0.4, -0.2) is 23.4 Å². The van der Waals surface area contributed by atoms with Crippen molar-refractivity contribution in [1.82, 2.24) is 9.78 Å². The summed E-state index contributed by atoms with van der Waals surface area (Å²) >= 11 is 0. The van der Waals surface area contributed by atoms with Crippen LogP contribution in [-0.2, 0) is 13.1 Å². The molecule has 0 amide bonds. The SMILES string of the molecule is CCN(C)c1cnn(Cc2cccc(CN)c2)c(=O)c1. The Labute approximate surface area is 118 Å². The molecule has 0 unspecified atom stereocenters. The molecular weight excluding hydrogens is 252 g/mol. The highest BCUT2D eigenvalue weighted by Gasteiger charge is 2.04. The summed E-state index contributed by atoms with van der Waals surface area (Å²) in [6.07, 6.45) is 1.72. The summed E-state index contributed by atoms with van der Waals surface area (Å²) in [5, 5.41) is 4.23. The summed E-state index contributed by atoms with van der Waals surface area (Å²) < 4.78 is 1.46. The lowest BCUT2D eigenvalue weighted by Crippen LogP contribution is -2.26. The zero-order chi connectivity index (χ0) is 14.5. The van der Waals surface area contributed by atoms with Gasteiger partial charge in [-0.3, -0.25) is 4.79 Å². The molecule has 0 atom stereocenters. The average Bonchev–Trinajstić information content (AvgIpc) is 2.48. The summed E-state index contributed by atoms with van der Waals surface area (Å²) in [6.45, 7) is 3.83. The van der Waals surface area contributed by atoms with Gasteiger partial charge in [0, 0.05) is 26.2 Å². The molecular formula is C15H20N4O. The van der Waals surface area contributed by atoms with Gasteiger partial charge in [0.05, 0.1) is 18.4 Å². The molecule has 0 saturated heterocycles. The van der Waals surface area contributed by atoms with Crippen LogP contribution in [0.3, 0.4) is 0 Å². The van der Waals surface area contributed by atoms with Gasteiger partial charge in [0.15, 0.2) is 0 Å². The van der Waals surface area contributed by atoms with Gasteiger partial charge in [0.2, 0.25) is 0 Å². The largest absolute Gasteiger partial charge is 0.373 e. The number of rotatable bonds is 5. The van der Waals surface area contributed by atoms with E-state index in [-0.39, 0.29) is 5.56 Å². The maximum absolute atomic E-state index is 12.1. The predicted octanol–water partition coefficient (Wildman–Crippen LogP) is 1.21. The summed E-state index contributed by atoms with van der Waals surface area (Å²) in [5.74, 6) is 0. The number of hydrogen-bond acceptors (Lipinski definition) is 4. The van der Waals surface area contributed by atoms with Gasteiger partial charge < -0.3 is 10.6 Å². The maximum atomic E-state index is 12.1. The highest BCUT2D eigenvalue weighted by atomic mass is 16.1. The van der Waals surface area contributed by atoms with Crippen LogP contribution in [0.15, 0.2) is 41.3 Å². The van der Waals surface area contributed by atoms with Gasteiger partial charge in [0.1, 0.15) is 0 Å². The molecule has 0 radical (unpaired) electrons. The van der Waals surface area contributed by atoms with E-state index in [1.54, 1.807) is 12.3 Å². The molecule has 0 aliphatic carbocycles. The van der Waals surface area contributed by atoms with Crippen LogP contribution in [0.5, 0.6) is 0 Å². The number of aromatic nitrogens is 2. The minimum Gasteiger partial charge on any atom is -0.373 e. The molecule has 0 spiro atoms. The Morgan fingerprint density at radius 1 is 1.30 bits per heavy atom. The van der Waals surface area contributed by atoms with Gasteiger partial charge in [0.25, 0.3) is 5.56 Å². The van der Waals surface area contributed by atoms with Crippen molar-refractivity contribution in [3.63, 3.8) is 0 Å². The second-order valence-corrected chi connectivity index (χ2v) is 4.75. The molecule has 1 heterocycles. The van der Waals surface area contributed by atoms with Gasteiger partial charge >= 0.3 is 0 Å². The fourth-order valence-corrected chi connectivity index (χ4v) is 1.96. The molecule has 0 fully saturated rings. The van der Waals surface area contributed by atoms with Gasteiger partial charge in [-0.05, 0) is 18.1 Å². The molecule has 106 valence electrons. The third-order valence-corrected chi connectivity index (χ3v) is 3.33. The lowest BCUT2D eigenvalue weighted by atomic mass is 10.1. The van der Waals surface area contributed by atoms with Crippen LogP contribution in [0, 0.1) is 0 Å². The molecule has 2 aromatic rings. The van der Waals surface area contributed by atoms with Gasteiger partial charge in [-0.25, -0.2) is 4.68 Å². The van der Waals surface area contributed by atoms with Crippen molar-refractivity contribution in [2.24, 2.45) is 5.73 Å². The van der Waals surface area contributed by atoms with Crippen molar-refractivity contribution in [3.8, 4) is 0 Å². The van der Waals surface area contributed by atoms with Gasteiger partial charge in [-0.15, -0.1) is 0 Å². The van der Waals surface area contributed by atoms with E-state index >= 15 is 0 Å². The molecule has 0 bridgehead atoms. The van der Waals surface area contributed by atoms with E-state index in [0.29, 0.717) is 13.1 Å². The van der Waals surface area contributed by atoms with Crippen LogP contribution >= 0.6 is 0 Å². The van der Waals surface area contributed by atoms with E-state index in [1.165, 1.54) is 4.68 Å². The second-order valence-electron chi connectivity index (χ2n) is 4.75. The fraction of sp³-hybridized carbons (Fsp3) is 0.333. The van der Waals surface area contributed by atoms with Crippen LogP contribution in [0.2, 0.25) is 0 Å². The molecule has 0 aliphatic rings. The van der Waals surface area contributed by atoms with Crippen molar-refractivity contribution < 1.29 is 0 Å². The van der Waals surface area contributed by atoms with Crippen molar-refractivity contribution >= 4 is 5.69 Å². The first-order chi connectivity index (χ1) is 9.63. The predicted molar refractivity (Wildman–Crippen MR) is 80.9 cm³/mol. The molecule has 20 heavy (non-hydrogen) atoms. The monoisotopic (exact) mass is 272 g/mol. The minimum absolute atomic E-state index is 0.0963. The Kier molecular flexibility index (Phi) is 4.53. The number of nitrogens with zero attached hydrogens (tertiary/aromatic N) is 3. The highest BCUT2D eigenvalue weighted by molar-refractivity contribution is 5.41. The summed E-state index contributed by atoms with van der Waals surface area (Å²) in [6, 6.07) is 9.50. The first kappa shape index (κ1) is 14.3. The van der Waals surface area contributed by atoms with Crippen LogP contribution in [0.1, 0.15) is 18.1 Å². The van der Waals surface area contributed by atoms with Crippen molar-refractivity contribution in [1.29, 1.82) is 0 Å². The highest BCUT2D eigenvalue weighted by Crippen LogP contribution is 2.08. The van der Waals surface area contributed by atoms with E-state index in [4.69, 9.17) is 5.73 Å². The zero-order valence-electron chi connectivity index (χ0n) is 11.9. The Morgan fingerprint density at radius 3 is 2.70 bits per heavy atom. The molecule has 0 saturated carbocycles. The molecule has 5 heteroatoms. The Balaban J connectivity index is 2.23. The summed E-state index contributed by atoms with van der Waals surface area (Å²) in [7, 11) is 1.94. The van der Waals surface area contributed by atoms with Crippen molar-refractivity contribution in [3.05, 3.63) is 58.0 Å². The molecule has 1 aromatic carbocycles. The lowest BCUT2D eigenvalue weighted by molar-refractivity contribution is 0.637. The van der Waals surface area contributed by atoms with Gasteiger partial charge in [-0.1, -0.05) is 24.3 Å². The second kappa shape index (κ2) is 6.34. The van der Waals surface area contributed by atoms with Crippen molar-refractivity contribution in [2.45, 2.75) is 20.0 Å². The normalized spacial score (nSPS) is 10.6. The first-order valence-electron chi connectivity index (χ1n) is 6.70. The third-order valence-electron chi connectivity index (χ3n) is 3.33. The fourth-order valence-electron chi connectivity index (χ4n) is 1.96. The molecule has 0 aliphatic heterocycles. The van der Waals surface area contributed by atoms with E-state index in [9.17, 15) is 4.79 Å². The standard InChI is InChI=1S/C15H20N4O/c1-3-18(2)14-8-15(20)19(17-10-14)11-13-6-4-5-12(7-13)9-16/h4-8,10H,3,9,11,16H2,1-2H3. The summed E-state index contributed by atoms with van der Waals surface area (Å²) in [4.78, 5) is 14.0. The van der Waals surface area contributed by atoms with Crippen LogP contribution in [0.25, 0.3) is 0 Å².